The van der Waals surface area contributed by atoms with Gasteiger partial charge in [-0.25, -0.2) is 0 Å². The van der Waals surface area contributed by atoms with Crippen LogP contribution in [0, 0.1) is 0 Å². The summed E-state index contributed by atoms with van der Waals surface area (Å²) in [6.45, 7) is 0.939. The van der Waals surface area contributed by atoms with Gasteiger partial charge >= 0.3 is 0 Å². The van der Waals surface area contributed by atoms with Crippen molar-refractivity contribution in [1.82, 2.24) is 5.32 Å². The van der Waals surface area contributed by atoms with E-state index in [1.807, 2.05) is 0 Å². The molecule has 14 heavy (non-hydrogen) atoms. The highest BCUT2D eigenvalue weighted by molar-refractivity contribution is 5.91. The SMILES string of the molecule is NC1CC(NC(=O)C2=COCCO2)C1. The number of carbonyl (C=O) groups is 1. The molecule has 0 bridgehead atoms. The van der Waals surface area contributed by atoms with Crippen LogP contribution in [-0.4, -0.2) is 31.2 Å². The van der Waals surface area contributed by atoms with Gasteiger partial charge in [0.1, 0.15) is 19.5 Å². The topological polar surface area (TPSA) is 73.6 Å². The molecule has 0 spiro atoms. The van der Waals surface area contributed by atoms with E-state index in [4.69, 9.17) is 15.2 Å². The van der Waals surface area contributed by atoms with E-state index in [1.54, 1.807) is 0 Å². The lowest BCUT2D eigenvalue weighted by Crippen LogP contribution is -2.50. The monoisotopic (exact) mass is 198 g/mol. The van der Waals surface area contributed by atoms with Gasteiger partial charge in [0.15, 0.2) is 0 Å². The maximum atomic E-state index is 11.5. The summed E-state index contributed by atoms with van der Waals surface area (Å²) in [5.41, 5.74) is 5.60. The number of hydrogen-bond acceptors (Lipinski definition) is 4. The molecule has 0 aromatic heterocycles. The summed E-state index contributed by atoms with van der Waals surface area (Å²) >= 11 is 0. The molecule has 0 aromatic carbocycles. The molecular weight excluding hydrogens is 184 g/mol. The highest BCUT2D eigenvalue weighted by Gasteiger charge is 2.28. The van der Waals surface area contributed by atoms with E-state index < -0.39 is 0 Å². The van der Waals surface area contributed by atoms with Crippen molar-refractivity contribution in [2.24, 2.45) is 5.73 Å². The Labute approximate surface area is 82.2 Å². The summed E-state index contributed by atoms with van der Waals surface area (Å²) in [6, 6.07) is 0.432. The third-order valence-corrected chi connectivity index (χ3v) is 2.38. The Balaban J connectivity index is 1.80. The smallest absolute Gasteiger partial charge is 0.289 e. The minimum absolute atomic E-state index is 0.198. The summed E-state index contributed by atoms with van der Waals surface area (Å²) in [5.74, 6) is 0.0540. The summed E-state index contributed by atoms with van der Waals surface area (Å²) in [7, 11) is 0. The lowest BCUT2D eigenvalue weighted by Gasteiger charge is -2.33. The largest absolute Gasteiger partial charge is 0.494 e. The first-order valence-corrected chi connectivity index (χ1v) is 4.76. The lowest BCUT2D eigenvalue weighted by atomic mass is 9.87. The molecule has 0 radical (unpaired) electrons. The van der Waals surface area contributed by atoms with Crippen LogP contribution in [0.1, 0.15) is 12.8 Å². The van der Waals surface area contributed by atoms with Crippen LogP contribution in [0.3, 0.4) is 0 Å². The van der Waals surface area contributed by atoms with Crippen LogP contribution < -0.4 is 11.1 Å². The molecule has 1 heterocycles. The minimum atomic E-state index is -0.207. The molecule has 1 amide bonds. The zero-order valence-corrected chi connectivity index (χ0v) is 7.86. The van der Waals surface area contributed by atoms with Crippen LogP contribution in [0.15, 0.2) is 12.0 Å². The van der Waals surface area contributed by atoms with Crippen molar-refractivity contribution in [2.75, 3.05) is 13.2 Å². The maximum absolute atomic E-state index is 11.5. The van der Waals surface area contributed by atoms with Crippen LogP contribution in [0.2, 0.25) is 0 Å². The lowest BCUT2D eigenvalue weighted by molar-refractivity contribution is -0.123. The second-order valence-electron chi connectivity index (χ2n) is 3.60. The summed E-state index contributed by atoms with van der Waals surface area (Å²) in [4.78, 5) is 11.5. The normalized spacial score (nSPS) is 30.5. The number of ether oxygens (including phenoxy) is 2. The van der Waals surface area contributed by atoms with Crippen LogP contribution in [-0.2, 0) is 14.3 Å². The first-order valence-electron chi connectivity index (χ1n) is 4.76. The van der Waals surface area contributed by atoms with Crippen LogP contribution in [0.5, 0.6) is 0 Å². The minimum Gasteiger partial charge on any atom is -0.494 e. The molecule has 1 saturated carbocycles. The molecule has 3 N–H and O–H groups in total. The van der Waals surface area contributed by atoms with Crippen molar-refractivity contribution in [3.05, 3.63) is 12.0 Å². The molecule has 5 nitrogen and oxygen atoms in total. The number of rotatable bonds is 2. The molecule has 0 atom stereocenters. The first kappa shape index (κ1) is 9.33. The number of hydrogen-bond donors (Lipinski definition) is 2. The second kappa shape index (κ2) is 3.88. The van der Waals surface area contributed by atoms with E-state index in [0.717, 1.165) is 12.8 Å². The van der Waals surface area contributed by atoms with Crippen LogP contribution >= 0.6 is 0 Å². The molecule has 2 aliphatic rings. The molecule has 0 unspecified atom stereocenters. The van der Waals surface area contributed by atoms with E-state index in [-0.39, 0.29) is 23.8 Å². The zero-order valence-electron chi connectivity index (χ0n) is 7.86. The van der Waals surface area contributed by atoms with Gasteiger partial charge in [0.05, 0.1) is 0 Å². The summed E-state index contributed by atoms with van der Waals surface area (Å²) in [5, 5.41) is 2.82. The van der Waals surface area contributed by atoms with E-state index in [1.165, 1.54) is 6.26 Å². The van der Waals surface area contributed by atoms with Crippen LogP contribution in [0.25, 0.3) is 0 Å². The van der Waals surface area contributed by atoms with Crippen molar-refractivity contribution in [3.63, 3.8) is 0 Å². The van der Waals surface area contributed by atoms with E-state index in [2.05, 4.69) is 5.32 Å². The van der Waals surface area contributed by atoms with Gasteiger partial charge < -0.3 is 20.5 Å². The molecule has 2 rings (SSSR count). The Morgan fingerprint density at radius 3 is 2.86 bits per heavy atom. The fourth-order valence-electron chi connectivity index (χ4n) is 1.52. The number of nitrogens with one attached hydrogen (secondary N) is 1. The van der Waals surface area contributed by atoms with Crippen LogP contribution in [0.4, 0.5) is 0 Å². The zero-order chi connectivity index (χ0) is 9.97. The first-order chi connectivity index (χ1) is 6.75. The number of nitrogens with two attached hydrogens (primary N) is 1. The van der Waals surface area contributed by atoms with Crippen molar-refractivity contribution in [2.45, 2.75) is 24.9 Å². The van der Waals surface area contributed by atoms with Gasteiger partial charge in [0, 0.05) is 12.1 Å². The molecule has 1 aliphatic carbocycles. The Morgan fingerprint density at radius 1 is 1.50 bits per heavy atom. The van der Waals surface area contributed by atoms with Gasteiger partial charge in [-0.1, -0.05) is 0 Å². The van der Waals surface area contributed by atoms with E-state index in [9.17, 15) is 4.79 Å². The number of amides is 1. The molecular formula is C9H14N2O3. The maximum Gasteiger partial charge on any atom is 0.289 e. The average molecular weight is 198 g/mol. The van der Waals surface area contributed by atoms with Gasteiger partial charge in [-0.15, -0.1) is 0 Å². The van der Waals surface area contributed by atoms with E-state index >= 15 is 0 Å². The Kier molecular flexibility index (Phi) is 2.58. The molecule has 0 saturated heterocycles. The third-order valence-electron chi connectivity index (χ3n) is 2.38. The fourth-order valence-corrected chi connectivity index (χ4v) is 1.52. The van der Waals surface area contributed by atoms with Crippen molar-refractivity contribution in [3.8, 4) is 0 Å². The third kappa shape index (κ3) is 1.98. The Bertz CT molecular complexity index is 259. The summed E-state index contributed by atoms with van der Waals surface area (Å²) in [6.07, 6.45) is 3.05. The predicted octanol–water partition coefficient (Wildman–Crippen LogP) is -0.520. The molecule has 1 fully saturated rings. The Hall–Kier alpha value is -1.23. The van der Waals surface area contributed by atoms with E-state index in [0.29, 0.717) is 13.2 Å². The molecule has 5 heteroatoms. The highest BCUT2D eigenvalue weighted by atomic mass is 16.6. The molecule has 78 valence electrons. The van der Waals surface area contributed by atoms with Gasteiger partial charge in [0.25, 0.3) is 5.91 Å². The second-order valence-corrected chi connectivity index (χ2v) is 3.60. The standard InChI is InChI=1S/C9H14N2O3/c10-6-3-7(4-6)11-9(12)8-5-13-1-2-14-8/h5-7H,1-4,10H2,(H,11,12). The van der Waals surface area contributed by atoms with Gasteiger partial charge in [-0.2, -0.15) is 0 Å². The predicted molar refractivity (Wildman–Crippen MR) is 49.1 cm³/mol. The quantitative estimate of drug-likeness (QED) is 0.626. The highest BCUT2D eigenvalue weighted by Crippen LogP contribution is 2.18. The Morgan fingerprint density at radius 2 is 2.29 bits per heavy atom. The number of carbonyl (C=O) groups excluding carboxylic acids is 1. The molecule has 0 aromatic rings. The van der Waals surface area contributed by atoms with Gasteiger partial charge in [-0.05, 0) is 12.8 Å². The molecule has 1 aliphatic heterocycles. The van der Waals surface area contributed by atoms with Crippen molar-refractivity contribution in [1.29, 1.82) is 0 Å². The van der Waals surface area contributed by atoms with Crippen molar-refractivity contribution >= 4 is 5.91 Å². The van der Waals surface area contributed by atoms with Gasteiger partial charge in [0.2, 0.25) is 5.76 Å². The summed E-state index contributed by atoms with van der Waals surface area (Å²) < 4.78 is 10.1. The average Bonchev–Trinajstić information content (AvgIpc) is 2.17. The van der Waals surface area contributed by atoms with Gasteiger partial charge in [-0.3, -0.25) is 4.79 Å². The van der Waals surface area contributed by atoms with Crippen molar-refractivity contribution < 1.29 is 14.3 Å². The fraction of sp³-hybridized carbons (Fsp3) is 0.667.